The summed E-state index contributed by atoms with van der Waals surface area (Å²) in [6.45, 7) is 0. The van der Waals surface area contributed by atoms with E-state index in [-0.39, 0.29) is 5.91 Å². The Balaban J connectivity index is 1.23. The van der Waals surface area contributed by atoms with Gasteiger partial charge in [-0.2, -0.15) is 0 Å². The first-order valence-electron chi connectivity index (χ1n) is 9.69. The second-order valence-corrected chi connectivity index (χ2v) is 9.83. The number of thiazole rings is 1. The highest BCUT2D eigenvalue weighted by Crippen LogP contribution is 2.39. The fraction of sp³-hybridized carbons (Fsp3) is 0.217. The number of carbonyl (C=O) groups excluding carboxylic acids is 1. The maximum atomic E-state index is 12.4. The zero-order valence-electron chi connectivity index (χ0n) is 15.7. The number of amides is 1. The molecule has 3 nitrogen and oxygen atoms in total. The number of carbonyl (C=O) groups is 1. The lowest BCUT2D eigenvalue weighted by Gasteiger charge is -2.03. The fourth-order valence-corrected chi connectivity index (χ4v) is 5.84. The summed E-state index contributed by atoms with van der Waals surface area (Å²) in [7, 11) is 0. The number of anilines is 1. The van der Waals surface area contributed by atoms with Crippen LogP contribution in [-0.2, 0) is 17.6 Å². The Morgan fingerprint density at radius 1 is 1.14 bits per heavy atom. The van der Waals surface area contributed by atoms with Gasteiger partial charge in [0.05, 0.1) is 10.2 Å². The topological polar surface area (TPSA) is 42.0 Å². The van der Waals surface area contributed by atoms with Crippen LogP contribution in [0.3, 0.4) is 0 Å². The number of hydrogen-bond acceptors (Lipinski definition) is 4. The molecule has 146 valence electrons. The van der Waals surface area contributed by atoms with E-state index in [2.05, 4.69) is 29.6 Å². The SMILES string of the molecule is O=C(CCCSc1ccc(Cl)cc1)Nc1nc2c(cc3c4c(cccc42)CC3)s1. The maximum Gasteiger partial charge on any atom is 0.226 e. The van der Waals surface area contributed by atoms with Crippen molar-refractivity contribution >= 4 is 66.7 Å². The van der Waals surface area contributed by atoms with E-state index in [1.54, 1.807) is 23.1 Å². The van der Waals surface area contributed by atoms with Gasteiger partial charge in [0, 0.05) is 21.7 Å². The van der Waals surface area contributed by atoms with Crippen LogP contribution in [0.4, 0.5) is 5.13 Å². The quantitative estimate of drug-likeness (QED) is 0.268. The molecule has 0 saturated carbocycles. The van der Waals surface area contributed by atoms with Crippen molar-refractivity contribution < 1.29 is 4.79 Å². The average Bonchev–Trinajstić information content (AvgIpc) is 3.32. The third kappa shape index (κ3) is 3.87. The molecule has 1 amide bonds. The van der Waals surface area contributed by atoms with Gasteiger partial charge in [0.1, 0.15) is 0 Å². The Bertz CT molecular complexity index is 1220. The van der Waals surface area contributed by atoms with Gasteiger partial charge in [0.2, 0.25) is 5.91 Å². The van der Waals surface area contributed by atoms with Crippen molar-refractivity contribution in [2.75, 3.05) is 11.1 Å². The van der Waals surface area contributed by atoms with E-state index < -0.39 is 0 Å². The molecular formula is C23H19ClN2OS2. The van der Waals surface area contributed by atoms with Gasteiger partial charge in [-0.25, -0.2) is 4.98 Å². The summed E-state index contributed by atoms with van der Waals surface area (Å²) in [4.78, 5) is 18.3. The summed E-state index contributed by atoms with van der Waals surface area (Å²) in [5.74, 6) is 0.921. The highest BCUT2D eigenvalue weighted by molar-refractivity contribution is 7.99. The second kappa shape index (κ2) is 7.98. The minimum absolute atomic E-state index is 0.0260. The molecule has 4 aromatic rings. The van der Waals surface area contributed by atoms with Gasteiger partial charge in [-0.1, -0.05) is 41.1 Å². The molecule has 1 heterocycles. The third-order valence-corrected chi connectivity index (χ3v) is 7.49. The molecule has 0 atom stereocenters. The summed E-state index contributed by atoms with van der Waals surface area (Å²) < 4.78 is 1.15. The number of aryl methyl sites for hydroxylation is 2. The number of halogens is 1. The predicted molar refractivity (Wildman–Crippen MR) is 125 cm³/mol. The number of aromatic nitrogens is 1. The normalized spacial score (nSPS) is 12.7. The molecule has 1 aliphatic rings. The minimum Gasteiger partial charge on any atom is -0.302 e. The van der Waals surface area contributed by atoms with Gasteiger partial charge in [0.25, 0.3) is 0 Å². The Hall–Kier alpha value is -2.08. The van der Waals surface area contributed by atoms with E-state index in [4.69, 9.17) is 16.6 Å². The van der Waals surface area contributed by atoms with Crippen LogP contribution in [-0.4, -0.2) is 16.6 Å². The third-order valence-electron chi connectivity index (χ3n) is 5.23. The monoisotopic (exact) mass is 438 g/mol. The van der Waals surface area contributed by atoms with Crippen LogP contribution >= 0.6 is 34.7 Å². The van der Waals surface area contributed by atoms with E-state index >= 15 is 0 Å². The zero-order valence-corrected chi connectivity index (χ0v) is 18.1. The first kappa shape index (κ1) is 18.9. The van der Waals surface area contributed by atoms with Crippen LogP contribution in [0.15, 0.2) is 53.4 Å². The lowest BCUT2D eigenvalue weighted by atomic mass is 10.0. The largest absolute Gasteiger partial charge is 0.302 e. The summed E-state index contributed by atoms with van der Waals surface area (Å²) in [6, 6.07) is 16.5. The van der Waals surface area contributed by atoms with Crippen molar-refractivity contribution in [2.24, 2.45) is 0 Å². The molecule has 0 saturated heterocycles. The van der Waals surface area contributed by atoms with E-state index in [1.807, 2.05) is 24.3 Å². The smallest absolute Gasteiger partial charge is 0.226 e. The van der Waals surface area contributed by atoms with Crippen LogP contribution in [0, 0.1) is 0 Å². The molecule has 0 unspecified atom stereocenters. The molecule has 1 aliphatic carbocycles. The lowest BCUT2D eigenvalue weighted by molar-refractivity contribution is -0.116. The van der Waals surface area contributed by atoms with Crippen LogP contribution in [0.1, 0.15) is 24.0 Å². The van der Waals surface area contributed by atoms with E-state index in [1.165, 1.54) is 26.8 Å². The van der Waals surface area contributed by atoms with Crippen molar-refractivity contribution in [2.45, 2.75) is 30.6 Å². The molecule has 1 aromatic heterocycles. The standard InChI is InChI=1S/C23H19ClN2OS2/c24-16-8-10-17(11-9-16)28-12-2-5-20(27)25-23-26-22-18-4-1-3-14-6-7-15(21(14)18)13-19(22)29-23/h1,3-4,8-11,13H,2,5-7,12H2,(H,25,26,27). The Labute approximate surface area is 182 Å². The Morgan fingerprint density at radius 3 is 2.83 bits per heavy atom. The number of rotatable bonds is 6. The van der Waals surface area contributed by atoms with Crippen LogP contribution in [0.5, 0.6) is 0 Å². The Kier molecular flexibility index (Phi) is 5.20. The van der Waals surface area contributed by atoms with Crippen molar-refractivity contribution in [3.05, 3.63) is 64.7 Å². The molecule has 0 fully saturated rings. The van der Waals surface area contributed by atoms with Gasteiger partial charge in [-0.15, -0.1) is 11.8 Å². The summed E-state index contributed by atoms with van der Waals surface area (Å²) in [5.41, 5.74) is 3.83. The van der Waals surface area contributed by atoms with Gasteiger partial charge in [-0.05, 0) is 71.9 Å². The van der Waals surface area contributed by atoms with Crippen molar-refractivity contribution in [3.8, 4) is 0 Å². The zero-order chi connectivity index (χ0) is 19.8. The highest BCUT2D eigenvalue weighted by Gasteiger charge is 2.18. The van der Waals surface area contributed by atoms with Crippen molar-refractivity contribution in [3.63, 3.8) is 0 Å². The first-order valence-corrected chi connectivity index (χ1v) is 11.9. The van der Waals surface area contributed by atoms with E-state index in [9.17, 15) is 4.79 Å². The van der Waals surface area contributed by atoms with E-state index in [0.29, 0.717) is 11.6 Å². The molecule has 5 rings (SSSR count). The maximum absolute atomic E-state index is 12.4. The fourth-order valence-electron chi connectivity index (χ4n) is 3.89. The summed E-state index contributed by atoms with van der Waals surface area (Å²) in [6.07, 6.45) is 3.52. The summed E-state index contributed by atoms with van der Waals surface area (Å²) >= 11 is 9.22. The second-order valence-electron chi connectivity index (χ2n) is 7.20. The van der Waals surface area contributed by atoms with Crippen molar-refractivity contribution in [1.82, 2.24) is 4.98 Å². The molecule has 3 aromatic carbocycles. The number of fused-ring (bicyclic) bond motifs is 2. The molecule has 0 spiro atoms. The number of nitrogens with one attached hydrogen (secondary N) is 1. The van der Waals surface area contributed by atoms with Crippen molar-refractivity contribution in [1.29, 1.82) is 0 Å². The van der Waals surface area contributed by atoms with Gasteiger partial charge in [0.15, 0.2) is 5.13 Å². The summed E-state index contributed by atoms with van der Waals surface area (Å²) in [5, 5.41) is 7.01. The molecule has 1 N–H and O–H groups in total. The first-order chi connectivity index (χ1) is 14.2. The molecule has 0 aliphatic heterocycles. The Morgan fingerprint density at radius 2 is 1.97 bits per heavy atom. The van der Waals surface area contributed by atoms with Gasteiger partial charge >= 0.3 is 0 Å². The van der Waals surface area contributed by atoms with Crippen LogP contribution in [0.25, 0.3) is 21.0 Å². The molecule has 6 heteroatoms. The van der Waals surface area contributed by atoms with Gasteiger partial charge < -0.3 is 5.32 Å². The number of thioether (sulfide) groups is 1. The minimum atomic E-state index is 0.0260. The van der Waals surface area contributed by atoms with Gasteiger partial charge in [-0.3, -0.25) is 4.79 Å². The van der Waals surface area contributed by atoms with Crippen LogP contribution < -0.4 is 5.32 Å². The average molecular weight is 439 g/mol. The highest BCUT2D eigenvalue weighted by atomic mass is 35.5. The molecular weight excluding hydrogens is 420 g/mol. The van der Waals surface area contributed by atoms with E-state index in [0.717, 1.165) is 40.3 Å². The number of hydrogen-bond donors (Lipinski definition) is 1. The lowest BCUT2D eigenvalue weighted by Crippen LogP contribution is -2.11. The molecule has 0 bridgehead atoms. The molecule has 29 heavy (non-hydrogen) atoms. The number of nitrogens with zero attached hydrogens (tertiary/aromatic N) is 1. The predicted octanol–water partition coefficient (Wildman–Crippen LogP) is 6.71. The van der Waals surface area contributed by atoms with Crippen LogP contribution in [0.2, 0.25) is 5.02 Å². The number of benzene rings is 3. The molecule has 0 radical (unpaired) electrons.